The molecule has 0 saturated heterocycles. The first kappa shape index (κ1) is 10.1. The summed E-state index contributed by atoms with van der Waals surface area (Å²) in [6, 6.07) is 1.21. The van der Waals surface area contributed by atoms with Crippen molar-refractivity contribution in [2.75, 3.05) is 0 Å². The number of unbranched alkanes of at least 4 members (excludes halogenated alkanes) is 1. The molecular weight excluding hydrogens is 192 g/mol. The Kier molecular flexibility index (Phi) is 3.31. The first-order valence-corrected chi connectivity index (χ1v) is 4.52. The molecule has 1 rings (SSSR count). The fourth-order valence-corrected chi connectivity index (χ4v) is 1.19. The molecule has 0 aromatic carbocycles. The van der Waals surface area contributed by atoms with Gasteiger partial charge in [-0.2, -0.15) is 0 Å². The van der Waals surface area contributed by atoms with Gasteiger partial charge >= 0.3 is 5.69 Å². The van der Waals surface area contributed by atoms with Gasteiger partial charge in [-0.3, -0.25) is 14.3 Å². The van der Waals surface area contributed by atoms with E-state index in [0.29, 0.717) is 6.54 Å². The number of nitrogens with one attached hydrogen (secondary N) is 1. The fraction of sp³-hybridized carbons (Fsp3) is 0.500. The van der Waals surface area contributed by atoms with E-state index in [1.807, 2.05) is 6.92 Å². The Bertz CT molecular complexity index is 363. The topological polar surface area (TPSA) is 54.9 Å². The van der Waals surface area contributed by atoms with Crippen LogP contribution in [0.1, 0.15) is 19.8 Å². The molecule has 72 valence electrons. The third-order valence-electron chi connectivity index (χ3n) is 1.72. The molecule has 1 aromatic heterocycles. The van der Waals surface area contributed by atoms with Gasteiger partial charge < -0.3 is 0 Å². The fourth-order valence-electron chi connectivity index (χ4n) is 1.02. The Morgan fingerprint density at radius 1 is 1.54 bits per heavy atom. The molecule has 13 heavy (non-hydrogen) atoms. The van der Waals surface area contributed by atoms with Crippen molar-refractivity contribution in [3.8, 4) is 0 Å². The molecular formula is C8H11ClN2O2. The molecule has 0 bridgehead atoms. The highest BCUT2D eigenvalue weighted by Crippen LogP contribution is 1.94. The lowest BCUT2D eigenvalue weighted by Gasteiger charge is -2.01. The van der Waals surface area contributed by atoms with Crippen molar-refractivity contribution in [3.05, 3.63) is 32.1 Å². The summed E-state index contributed by atoms with van der Waals surface area (Å²) in [5.74, 6) is 0. The molecule has 5 heteroatoms. The third-order valence-corrected chi connectivity index (χ3v) is 1.93. The van der Waals surface area contributed by atoms with Crippen LogP contribution in [0.5, 0.6) is 0 Å². The van der Waals surface area contributed by atoms with Gasteiger partial charge in [-0.25, -0.2) is 4.79 Å². The summed E-state index contributed by atoms with van der Waals surface area (Å²) >= 11 is 5.49. The van der Waals surface area contributed by atoms with E-state index in [9.17, 15) is 9.59 Å². The van der Waals surface area contributed by atoms with Crippen LogP contribution in [-0.4, -0.2) is 9.55 Å². The maximum absolute atomic E-state index is 11.2. The SMILES string of the molecule is CCCCn1c(=O)cc(Cl)[nH]c1=O. The summed E-state index contributed by atoms with van der Waals surface area (Å²) in [5, 5.41) is 0.0859. The van der Waals surface area contributed by atoms with E-state index in [-0.39, 0.29) is 10.7 Å². The van der Waals surface area contributed by atoms with Crippen LogP contribution in [0.3, 0.4) is 0 Å². The minimum Gasteiger partial charge on any atom is -0.298 e. The molecule has 0 aliphatic carbocycles. The summed E-state index contributed by atoms with van der Waals surface area (Å²) < 4.78 is 1.15. The highest BCUT2D eigenvalue weighted by atomic mass is 35.5. The molecule has 1 heterocycles. The van der Waals surface area contributed by atoms with Crippen LogP contribution in [0, 0.1) is 0 Å². The number of hydrogen-bond donors (Lipinski definition) is 1. The maximum atomic E-state index is 11.2. The highest BCUT2D eigenvalue weighted by molar-refractivity contribution is 6.29. The Morgan fingerprint density at radius 2 is 2.23 bits per heavy atom. The van der Waals surface area contributed by atoms with Crippen LogP contribution < -0.4 is 11.2 Å². The molecule has 0 saturated carbocycles. The number of nitrogens with zero attached hydrogens (tertiary/aromatic N) is 1. The zero-order valence-corrected chi connectivity index (χ0v) is 8.10. The predicted molar refractivity (Wildman–Crippen MR) is 51.2 cm³/mol. The molecule has 1 N–H and O–H groups in total. The molecule has 0 unspecified atom stereocenters. The second-order valence-corrected chi connectivity index (χ2v) is 3.17. The number of aromatic amines is 1. The van der Waals surface area contributed by atoms with Gasteiger partial charge in [0.2, 0.25) is 0 Å². The van der Waals surface area contributed by atoms with Gasteiger partial charge in [-0.15, -0.1) is 0 Å². The number of hydrogen-bond acceptors (Lipinski definition) is 2. The van der Waals surface area contributed by atoms with Gasteiger partial charge in [-0.1, -0.05) is 24.9 Å². The summed E-state index contributed by atoms with van der Waals surface area (Å²) in [5.41, 5.74) is -0.784. The quantitative estimate of drug-likeness (QED) is 0.744. The van der Waals surface area contributed by atoms with Gasteiger partial charge in [-0.05, 0) is 6.42 Å². The molecule has 0 spiro atoms. The van der Waals surface area contributed by atoms with Crippen molar-refractivity contribution in [2.45, 2.75) is 26.3 Å². The normalized spacial score (nSPS) is 10.3. The first-order chi connectivity index (χ1) is 6.15. The maximum Gasteiger partial charge on any atom is 0.329 e. The lowest BCUT2D eigenvalue weighted by Crippen LogP contribution is -2.34. The minimum absolute atomic E-state index is 0.0859. The van der Waals surface area contributed by atoms with E-state index in [1.54, 1.807) is 0 Å². The van der Waals surface area contributed by atoms with Gasteiger partial charge in [0, 0.05) is 12.6 Å². The largest absolute Gasteiger partial charge is 0.329 e. The van der Waals surface area contributed by atoms with Gasteiger partial charge in [0.1, 0.15) is 5.15 Å². The van der Waals surface area contributed by atoms with E-state index in [0.717, 1.165) is 17.4 Å². The smallest absolute Gasteiger partial charge is 0.298 e. The summed E-state index contributed by atoms with van der Waals surface area (Å²) in [6.45, 7) is 2.44. The van der Waals surface area contributed by atoms with Crippen LogP contribution >= 0.6 is 11.6 Å². The van der Waals surface area contributed by atoms with Gasteiger partial charge in [0.15, 0.2) is 0 Å². The predicted octanol–water partition coefficient (Wildman–Crippen LogP) is 0.990. The van der Waals surface area contributed by atoms with Crippen LogP contribution in [0.2, 0.25) is 5.15 Å². The molecule has 0 aliphatic heterocycles. The average molecular weight is 203 g/mol. The van der Waals surface area contributed by atoms with Crippen LogP contribution in [0.15, 0.2) is 15.7 Å². The van der Waals surface area contributed by atoms with Crippen molar-refractivity contribution in [1.82, 2.24) is 9.55 Å². The average Bonchev–Trinajstić information content (AvgIpc) is 2.02. The zero-order chi connectivity index (χ0) is 9.84. The second-order valence-electron chi connectivity index (χ2n) is 2.77. The summed E-state index contributed by atoms with van der Waals surface area (Å²) in [6.07, 6.45) is 1.75. The molecule has 0 radical (unpaired) electrons. The van der Waals surface area contributed by atoms with E-state index >= 15 is 0 Å². The highest BCUT2D eigenvalue weighted by Gasteiger charge is 2.01. The minimum atomic E-state index is -0.439. The van der Waals surface area contributed by atoms with Crippen LogP contribution in [0.4, 0.5) is 0 Å². The number of H-pyrrole nitrogens is 1. The molecule has 1 aromatic rings. The molecule has 0 atom stereocenters. The summed E-state index contributed by atoms with van der Waals surface area (Å²) in [7, 11) is 0. The van der Waals surface area contributed by atoms with Gasteiger partial charge in [0.05, 0.1) is 0 Å². The van der Waals surface area contributed by atoms with E-state index in [1.165, 1.54) is 6.07 Å². The second kappa shape index (κ2) is 4.28. The monoisotopic (exact) mass is 202 g/mol. The van der Waals surface area contributed by atoms with Gasteiger partial charge in [0.25, 0.3) is 5.56 Å². The Morgan fingerprint density at radius 3 is 2.77 bits per heavy atom. The Hall–Kier alpha value is -1.03. The lowest BCUT2D eigenvalue weighted by molar-refractivity contribution is 0.583. The zero-order valence-electron chi connectivity index (χ0n) is 7.34. The van der Waals surface area contributed by atoms with Crippen LogP contribution in [-0.2, 0) is 6.54 Å². The number of halogens is 1. The third kappa shape index (κ3) is 2.45. The van der Waals surface area contributed by atoms with E-state index in [4.69, 9.17) is 11.6 Å². The standard InChI is InChI=1S/C8H11ClN2O2/c1-2-3-4-11-7(12)5-6(9)10-8(11)13/h5H,2-4H2,1H3,(H,10,13). The van der Waals surface area contributed by atoms with Crippen molar-refractivity contribution in [2.24, 2.45) is 0 Å². The van der Waals surface area contributed by atoms with Crippen molar-refractivity contribution in [3.63, 3.8) is 0 Å². The Labute approximate surface area is 80.2 Å². The first-order valence-electron chi connectivity index (χ1n) is 4.15. The van der Waals surface area contributed by atoms with Crippen LogP contribution in [0.25, 0.3) is 0 Å². The van der Waals surface area contributed by atoms with E-state index in [2.05, 4.69) is 4.98 Å². The van der Waals surface area contributed by atoms with E-state index < -0.39 is 5.69 Å². The number of aromatic nitrogens is 2. The molecule has 0 fully saturated rings. The van der Waals surface area contributed by atoms with Crippen molar-refractivity contribution < 1.29 is 0 Å². The summed E-state index contributed by atoms with van der Waals surface area (Å²) in [4.78, 5) is 24.8. The van der Waals surface area contributed by atoms with Crippen molar-refractivity contribution in [1.29, 1.82) is 0 Å². The molecule has 0 aliphatic rings. The van der Waals surface area contributed by atoms with Crippen molar-refractivity contribution >= 4 is 11.6 Å². The lowest BCUT2D eigenvalue weighted by atomic mass is 10.3. The Balaban J connectivity index is 3.07. The molecule has 4 nitrogen and oxygen atoms in total. The molecule has 0 amide bonds. The number of rotatable bonds is 3.